The average Bonchev–Trinajstić information content (AvgIpc) is 3.31. The van der Waals surface area contributed by atoms with Gasteiger partial charge in [-0.3, -0.25) is 4.90 Å². The molecule has 0 aliphatic carbocycles. The third-order valence-corrected chi connectivity index (χ3v) is 4.19. The van der Waals surface area contributed by atoms with Crippen LogP contribution in [0.3, 0.4) is 0 Å². The fourth-order valence-electron chi connectivity index (χ4n) is 2.69. The molecule has 0 spiro atoms. The lowest BCUT2D eigenvalue weighted by atomic mass is 10.2. The Kier molecular flexibility index (Phi) is 6.46. The number of hydrogen-bond donors (Lipinski definition) is 0. The van der Waals surface area contributed by atoms with Crippen LogP contribution in [-0.2, 0) is 31.5 Å². The van der Waals surface area contributed by atoms with E-state index in [1.165, 1.54) is 5.56 Å². The van der Waals surface area contributed by atoms with Crippen molar-refractivity contribution in [2.75, 3.05) is 20.3 Å². The summed E-state index contributed by atoms with van der Waals surface area (Å²) in [7, 11) is 3.68. The number of ether oxygens (including phenoxy) is 2. The molecular formula is C20H25N3O3. The number of imidazole rings is 1. The minimum absolute atomic E-state index is 0.460. The lowest BCUT2D eigenvalue weighted by Crippen LogP contribution is -2.26. The lowest BCUT2D eigenvalue weighted by Gasteiger charge is -2.21. The summed E-state index contributed by atoms with van der Waals surface area (Å²) >= 11 is 0. The molecule has 0 N–H and O–H groups in total. The van der Waals surface area contributed by atoms with Crippen molar-refractivity contribution in [3.8, 4) is 5.75 Å². The molecule has 0 saturated carbocycles. The summed E-state index contributed by atoms with van der Waals surface area (Å²) in [6.07, 6.45) is 5.39. The zero-order valence-corrected chi connectivity index (χ0v) is 15.3. The van der Waals surface area contributed by atoms with Gasteiger partial charge in [-0.15, -0.1) is 0 Å². The predicted molar refractivity (Wildman–Crippen MR) is 98.7 cm³/mol. The van der Waals surface area contributed by atoms with E-state index < -0.39 is 0 Å². The topological polar surface area (TPSA) is 52.7 Å². The van der Waals surface area contributed by atoms with Gasteiger partial charge in [0.2, 0.25) is 0 Å². The number of rotatable bonds is 10. The van der Waals surface area contributed by atoms with E-state index in [2.05, 4.69) is 22.0 Å². The predicted octanol–water partition coefficient (Wildman–Crippen LogP) is 3.24. The van der Waals surface area contributed by atoms with Gasteiger partial charge >= 0.3 is 0 Å². The maximum absolute atomic E-state index is 5.81. The van der Waals surface area contributed by atoms with Crippen LogP contribution in [0.1, 0.15) is 17.1 Å². The molecule has 138 valence electrons. The van der Waals surface area contributed by atoms with Gasteiger partial charge in [-0.25, -0.2) is 4.98 Å². The van der Waals surface area contributed by atoms with Gasteiger partial charge in [0.05, 0.1) is 19.4 Å². The average molecular weight is 355 g/mol. The number of nitrogens with zero attached hydrogens (tertiary/aromatic N) is 3. The Morgan fingerprint density at radius 2 is 2.00 bits per heavy atom. The van der Waals surface area contributed by atoms with Crippen molar-refractivity contribution >= 4 is 0 Å². The Labute approximate surface area is 154 Å². The van der Waals surface area contributed by atoms with Crippen LogP contribution in [0.15, 0.2) is 59.5 Å². The first kappa shape index (κ1) is 18.2. The van der Waals surface area contributed by atoms with Gasteiger partial charge in [0.1, 0.15) is 23.9 Å². The number of aryl methyl sites for hydroxylation is 1. The molecule has 6 nitrogen and oxygen atoms in total. The van der Waals surface area contributed by atoms with Crippen LogP contribution in [0, 0.1) is 0 Å². The monoisotopic (exact) mass is 355 g/mol. The van der Waals surface area contributed by atoms with E-state index in [1.807, 2.05) is 42.1 Å². The summed E-state index contributed by atoms with van der Waals surface area (Å²) < 4.78 is 18.5. The summed E-state index contributed by atoms with van der Waals surface area (Å²) in [5.74, 6) is 2.70. The van der Waals surface area contributed by atoms with Crippen molar-refractivity contribution in [1.82, 2.24) is 14.5 Å². The SMILES string of the molecule is COCCN(Cc1ccc(OCc2nccn2C)cc1)Cc1ccco1. The molecule has 0 atom stereocenters. The Morgan fingerprint density at radius 1 is 1.15 bits per heavy atom. The highest BCUT2D eigenvalue weighted by atomic mass is 16.5. The Morgan fingerprint density at radius 3 is 2.65 bits per heavy atom. The molecule has 2 heterocycles. The Hall–Kier alpha value is -2.57. The van der Waals surface area contributed by atoms with Crippen molar-refractivity contribution in [1.29, 1.82) is 0 Å². The number of hydrogen-bond acceptors (Lipinski definition) is 5. The van der Waals surface area contributed by atoms with Gasteiger partial charge in [-0.2, -0.15) is 0 Å². The Bertz CT molecular complexity index is 766. The van der Waals surface area contributed by atoms with Gasteiger partial charge in [0.15, 0.2) is 0 Å². The molecule has 0 bridgehead atoms. The van der Waals surface area contributed by atoms with Crippen molar-refractivity contribution < 1.29 is 13.9 Å². The summed E-state index contributed by atoms with van der Waals surface area (Å²) in [5, 5.41) is 0. The highest BCUT2D eigenvalue weighted by Gasteiger charge is 2.09. The third kappa shape index (κ3) is 5.21. The van der Waals surface area contributed by atoms with Gasteiger partial charge < -0.3 is 18.5 Å². The molecule has 0 saturated heterocycles. The first-order valence-corrected chi connectivity index (χ1v) is 8.66. The van der Waals surface area contributed by atoms with E-state index in [0.29, 0.717) is 13.2 Å². The van der Waals surface area contributed by atoms with Crippen LogP contribution < -0.4 is 4.74 Å². The molecule has 0 aliphatic rings. The second kappa shape index (κ2) is 9.22. The molecule has 0 radical (unpaired) electrons. The van der Waals surface area contributed by atoms with E-state index in [4.69, 9.17) is 13.9 Å². The van der Waals surface area contributed by atoms with Crippen LogP contribution in [0.5, 0.6) is 5.75 Å². The minimum Gasteiger partial charge on any atom is -0.486 e. The van der Waals surface area contributed by atoms with Crippen molar-refractivity contribution in [3.05, 3.63) is 72.2 Å². The largest absolute Gasteiger partial charge is 0.486 e. The van der Waals surface area contributed by atoms with Gasteiger partial charge in [-0.05, 0) is 29.8 Å². The second-order valence-corrected chi connectivity index (χ2v) is 6.17. The van der Waals surface area contributed by atoms with E-state index in [0.717, 1.165) is 37.0 Å². The van der Waals surface area contributed by atoms with E-state index in [9.17, 15) is 0 Å². The summed E-state index contributed by atoms with van der Waals surface area (Å²) in [5.41, 5.74) is 1.22. The Balaban J connectivity index is 1.56. The molecule has 6 heteroatoms. The fraction of sp³-hybridized carbons (Fsp3) is 0.350. The van der Waals surface area contributed by atoms with Gasteiger partial charge in [0.25, 0.3) is 0 Å². The zero-order valence-electron chi connectivity index (χ0n) is 15.3. The standard InChI is InChI=1S/C20H25N3O3/c1-22-10-9-21-20(22)16-26-18-7-5-17(6-8-18)14-23(11-13-24-2)15-19-4-3-12-25-19/h3-10,12H,11,13-16H2,1-2H3. The van der Waals surface area contributed by atoms with Gasteiger partial charge in [-0.1, -0.05) is 12.1 Å². The van der Waals surface area contributed by atoms with E-state index >= 15 is 0 Å². The molecule has 2 aromatic heterocycles. The number of furan rings is 1. The maximum Gasteiger partial charge on any atom is 0.146 e. The zero-order chi connectivity index (χ0) is 18.2. The molecule has 3 aromatic rings. The first-order chi connectivity index (χ1) is 12.7. The maximum atomic E-state index is 5.81. The smallest absolute Gasteiger partial charge is 0.146 e. The molecular weight excluding hydrogens is 330 g/mol. The van der Waals surface area contributed by atoms with Crippen LogP contribution in [0.2, 0.25) is 0 Å². The molecule has 0 aliphatic heterocycles. The molecule has 26 heavy (non-hydrogen) atoms. The van der Waals surface area contributed by atoms with Crippen LogP contribution in [-0.4, -0.2) is 34.7 Å². The van der Waals surface area contributed by atoms with Crippen molar-refractivity contribution in [3.63, 3.8) is 0 Å². The van der Waals surface area contributed by atoms with Crippen LogP contribution in [0.25, 0.3) is 0 Å². The number of benzene rings is 1. The normalized spacial score (nSPS) is 11.2. The van der Waals surface area contributed by atoms with Gasteiger partial charge in [0, 0.05) is 39.6 Å². The summed E-state index contributed by atoms with van der Waals surface area (Å²) in [6.45, 7) is 3.57. The third-order valence-electron chi connectivity index (χ3n) is 4.19. The van der Waals surface area contributed by atoms with Crippen molar-refractivity contribution in [2.24, 2.45) is 7.05 Å². The summed E-state index contributed by atoms with van der Waals surface area (Å²) in [4.78, 5) is 6.56. The first-order valence-electron chi connectivity index (χ1n) is 8.66. The number of methoxy groups -OCH3 is 1. The molecule has 0 fully saturated rings. The molecule has 1 aromatic carbocycles. The molecule has 0 amide bonds. The minimum atomic E-state index is 0.460. The van der Waals surface area contributed by atoms with E-state index in [1.54, 1.807) is 19.6 Å². The molecule has 0 unspecified atom stereocenters. The second-order valence-electron chi connectivity index (χ2n) is 6.17. The van der Waals surface area contributed by atoms with E-state index in [-0.39, 0.29) is 0 Å². The number of aromatic nitrogens is 2. The fourth-order valence-corrected chi connectivity index (χ4v) is 2.69. The molecule has 3 rings (SSSR count). The van der Waals surface area contributed by atoms with Crippen LogP contribution in [0.4, 0.5) is 0 Å². The quantitative estimate of drug-likeness (QED) is 0.559. The summed E-state index contributed by atoms with van der Waals surface area (Å²) in [6, 6.07) is 12.1. The highest BCUT2D eigenvalue weighted by Crippen LogP contribution is 2.16. The van der Waals surface area contributed by atoms with Crippen molar-refractivity contribution in [2.45, 2.75) is 19.7 Å². The highest BCUT2D eigenvalue weighted by molar-refractivity contribution is 5.27. The lowest BCUT2D eigenvalue weighted by molar-refractivity contribution is 0.135. The van der Waals surface area contributed by atoms with Crippen LogP contribution >= 0.6 is 0 Å².